The van der Waals surface area contributed by atoms with E-state index >= 15 is 0 Å². The minimum atomic E-state index is -4.50. The molecule has 1 amide bonds. The van der Waals surface area contributed by atoms with E-state index in [4.69, 9.17) is 4.52 Å². The van der Waals surface area contributed by atoms with Gasteiger partial charge in [-0.3, -0.25) is 9.48 Å². The molecule has 1 aliphatic heterocycles. The minimum Gasteiger partial charge on any atom is -0.337 e. The predicted molar refractivity (Wildman–Crippen MR) is 74.6 cm³/mol. The number of rotatable bonds is 4. The van der Waals surface area contributed by atoms with Gasteiger partial charge in [0.25, 0.3) is 5.89 Å². The number of amides is 1. The van der Waals surface area contributed by atoms with Crippen molar-refractivity contribution in [2.24, 2.45) is 0 Å². The summed E-state index contributed by atoms with van der Waals surface area (Å²) in [4.78, 5) is 17.6. The second kappa shape index (κ2) is 6.25. The second-order valence-corrected chi connectivity index (χ2v) is 5.68. The number of likely N-dealkylation sites (tertiary alicyclic amines) is 1. The Morgan fingerprint density at radius 1 is 1.38 bits per heavy atom. The molecular weight excluding hydrogens is 327 g/mol. The lowest BCUT2D eigenvalue weighted by atomic mass is 10.1. The van der Waals surface area contributed by atoms with E-state index in [1.165, 1.54) is 6.20 Å². The van der Waals surface area contributed by atoms with Gasteiger partial charge in [-0.05, 0) is 25.8 Å². The maximum absolute atomic E-state index is 12.6. The van der Waals surface area contributed by atoms with Crippen LogP contribution < -0.4 is 0 Å². The summed E-state index contributed by atoms with van der Waals surface area (Å²) >= 11 is 0. The molecule has 1 unspecified atom stereocenters. The Morgan fingerprint density at radius 2 is 2.17 bits per heavy atom. The molecule has 0 aliphatic carbocycles. The Labute approximate surface area is 135 Å². The van der Waals surface area contributed by atoms with E-state index in [2.05, 4.69) is 15.2 Å². The van der Waals surface area contributed by atoms with Gasteiger partial charge in [-0.25, -0.2) is 0 Å². The number of piperidine rings is 1. The molecule has 0 aromatic carbocycles. The maximum atomic E-state index is 12.6. The Bertz CT molecular complexity index is 724. The number of alkyl halides is 3. The second-order valence-electron chi connectivity index (χ2n) is 5.68. The van der Waals surface area contributed by atoms with Gasteiger partial charge in [0.15, 0.2) is 11.5 Å². The van der Waals surface area contributed by atoms with Gasteiger partial charge in [-0.1, -0.05) is 5.16 Å². The third kappa shape index (κ3) is 3.41. The van der Waals surface area contributed by atoms with Crippen LogP contribution in [0, 0.1) is 0 Å². The topological polar surface area (TPSA) is 77.0 Å². The fourth-order valence-corrected chi connectivity index (χ4v) is 2.52. The first kappa shape index (κ1) is 16.5. The van der Waals surface area contributed by atoms with Crippen LogP contribution in [0.3, 0.4) is 0 Å². The van der Waals surface area contributed by atoms with Crippen molar-refractivity contribution >= 4 is 5.91 Å². The normalized spacial score (nSPS) is 17.3. The van der Waals surface area contributed by atoms with E-state index in [0.717, 1.165) is 23.6 Å². The highest BCUT2D eigenvalue weighted by Gasteiger charge is 2.34. The number of nitrogens with zero attached hydrogens (tertiary/aromatic N) is 5. The average Bonchev–Trinajstić information content (AvgIpc) is 3.17. The molecule has 2 aromatic rings. The molecule has 0 bridgehead atoms. The summed E-state index contributed by atoms with van der Waals surface area (Å²) in [5.74, 6) is 0.518. The highest BCUT2D eigenvalue weighted by atomic mass is 19.4. The van der Waals surface area contributed by atoms with Crippen LogP contribution >= 0.6 is 0 Å². The summed E-state index contributed by atoms with van der Waals surface area (Å²) in [6, 6.07) is 0.250. The molecule has 0 saturated carbocycles. The number of hydrogen-bond acceptors (Lipinski definition) is 5. The van der Waals surface area contributed by atoms with Crippen molar-refractivity contribution in [2.75, 3.05) is 6.54 Å². The SMILES string of the molecule is CC(c1nc(CN2CCCCC2=O)no1)n1ccc(C(F)(F)F)n1. The monoisotopic (exact) mass is 343 g/mol. The van der Waals surface area contributed by atoms with E-state index in [1.54, 1.807) is 11.8 Å². The molecule has 1 atom stereocenters. The van der Waals surface area contributed by atoms with E-state index in [0.29, 0.717) is 18.8 Å². The Hall–Kier alpha value is -2.39. The maximum Gasteiger partial charge on any atom is 0.435 e. The highest BCUT2D eigenvalue weighted by molar-refractivity contribution is 5.76. The van der Waals surface area contributed by atoms with Crippen LogP contribution in [0.15, 0.2) is 16.8 Å². The van der Waals surface area contributed by atoms with Crippen molar-refractivity contribution in [3.8, 4) is 0 Å². The third-order valence-corrected chi connectivity index (χ3v) is 3.89. The summed E-state index contributed by atoms with van der Waals surface area (Å²) in [7, 11) is 0. The van der Waals surface area contributed by atoms with Crippen LogP contribution in [0.5, 0.6) is 0 Å². The van der Waals surface area contributed by atoms with Crippen molar-refractivity contribution in [3.05, 3.63) is 29.7 Å². The van der Waals surface area contributed by atoms with Crippen LogP contribution in [0.1, 0.15) is 49.6 Å². The predicted octanol–water partition coefficient (Wildman–Crippen LogP) is 2.41. The number of hydrogen-bond donors (Lipinski definition) is 0. The van der Waals surface area contributed by atoms with Crippen molar-refractivity contribution < 1.29 is 22.5 Å². The molecule has 1 saturated heterocycles. The van der Waals surface area contributed by atoms with Crippen LogP contribution in [-0.2, 0) is 17.5 Å². The molecule has 10 heteroatoms. The fraction of sp³-hybridized carbons (Fsp3) is 0.571. The van der Waals surface area contributed by atoms with Gasteiger partial charge in [0.2, 0.25) is 5.91 Å². The molecule has 1 aliphatic rings. The van der Waals surface area contributed by atoms with E-state index in [9.17, 15) is 18.0 Å². The molecular formula is C14H16F3N5O2. The van der Waals surface area contributed by atoms with Gasteiger partial charge in [-0.15, -0.1) is 0 Å². The zero-order chi connectivity index (χ0) is 17.3. The van der Waals surface area contributed by atoms with Crippen LogP contribution in [0.25, 0.3) is 0 Å². The van der Waals surface area contributed by atoms with Gasteiger partial charge in [0.1, 0.15) is 6.04 Å². The van der Waals surface area contributed by atoms with Gasteiger partial charge >= 0.3 is 6.18 Å². The van der Waals surface area contributed by atoms with Crippen LogP contribution in [0.4, 0.5) is 13.2 Å². The fourth-order valence-electron chi connectivity index (χ4n) is 2.52. The Morgan fingerprint density at radius 3 is 2.83 bits per heavy atom. The molecule has 3 rings (SSSR count). The first-order chi connectivity index (χ1) is 11.3. The van der Waals surface area contributed by atoms with E-state index < -0.39 is 17.9 Å². The van der Waals surface area contributed by atoms with Gasteiger partial charge in [0, 0.05) is 19.2 Å². The minimum absolute atomic E-state index is 0.0440. The Kier molecular flexibility index (Phi) is 4.29. The summed E-state index contributed by atoms with van der Waals surface area (Å²) < 4.78 is 44.0. The average molecular weight is 343 g/mol. The quantitative estimate of drug-likeness (QED) is 0.852. The van der Waals surface area contributed by atoms with Gasteiger partial charge in [0.05, 0.1) is 6.54 Å². The zero-order valence-electron chi connectivity index (χ0n) is 13.0. The molecule has 3 heterocycles. The number of carbonyl (C=O) groups excluding carboxylic acids is 1. The highest BCUT2D eigenvalue weighted by Crippen LogP contribution is 2.28. The smallest absolute Gasteiger partial charge is 0.337 e. The molecule has 0 N–H and O–H groups in total. The van der Waals surface area contributed by atoms with E-state index in [1.807, 2.05) is 0 Å². The first-order valence-corrected chi connectivity index (χ1v) is 7.57. The Balaban J connectivity index is 1.70. The molecule has 0 spiro atoms. The summed E-state index contributed by atoms with van der Waals surface area (Å²) in [5.41, 5.74) is -0.979. The molecule has 1 fully saturated rings. The molecule has 2 aromatic heterocycles. The van der Waals surface area contributed by atoms with Crippen molar-refractivity contribution in [1.82, 2.24) is 24.8 Å². The molecule has 0 radical (unpaired) electrons. The van der Waals surface area contributed by atoms with Gasteiger partial charge in [-0.2, -0.15) is 23.3 Å². The molecule has 7 nitrogen and oxygen atoms in total. The lowest BCUT2D eigenvalue weighted by Gasteiger charge is -2.25. The van der Waals surface area contributed by atoms with Crippen molar-refractivity contribution in [2.45, 2.75) is 44.9 Å². The largest absolute Gasteiger partial charge is 0.435 e. The van der Waals surface area contributed by atoms with Gasteiger partial charge < -0.3 is 9.42 Å². The lowest BCUT2D eigenvalue weighted by molar-refractivity contribution is -0.141. The first-order valence-electron chi connectivity index (χ1n) is 7.57. The third-order valence-electron chi connectivity index (χ3n) is 3.89. The summed E-state index contributed by atoms with van der Waals surface area (Å²) in [6.45, 7) is 2.49. The van der Waals surface area contributed by atoms with Crippen LogP contribution in [-0.4, -0.2) is 37.3 Å². The van der Waals surface area contributed by atoms with E-state index in [-0.39, 0.29) is 18.3 Å². The number of halogens is 3. The summed E-state index contributed by atoms with van der Waals surface area (Å²) in [6.07, 6.45) is -0.967. The summed E-state index contributed by atoms with van der Waals surface area (Å²) in [5, 5.41) is 7.30. The lowest BCUT2D eigenvalue weighted by Crippen LogP contribution is -2.34. The molecule has 130 valence electrons. The number of aromatic nitrogens is 4. The standard InChI is InChI=1S/C14H16F3N5O2/c1-9(22-7-5-10(19-22)14(15,16)17)13-18-11(20-24-13)8-21-6-3-2-4-12(21)23/h5,7,9H,2-4,6,8H2,1H3. The zero-order valence-corrected chi connectivity index (χ0v) is 13.0. The van der Waals surface area contributed by atoms with Crippen molar-refractivity contribution in [1.29, 1.82) is 0 Å². The molecule has 24 heavy (non-hydrogen) atoms. The van der Waals surface area contributed by atoms with Crippen LogP contribution in [0.2, 0.25) is 0 Å². The van der Waals surface area contributed by atoms with Crippen molar-refractivity contribution in [3.63, 3.8) is 0 Å². The number of carbonyl (C=O) groups is 1.